The van der Waals surface area contributed by atoms with E-state index in [9.17, 15) is 9.59 Å². The second kappa shape index (κ2) is 5.61. The van der Waals surface area contributed by atoms with Crippen LogP contribution >= 0.6 is 0 Å². The van der Waals surface area contributed by atoms with Gasteiger partial charge < -0.3 is 14.8 Å². The smallest absolute Gasteiger partial charge is 0.331 e. The van der Waals surface area contributed by atoms with Gasteiger partial charge in [-0.05, 0) is 62.8 Å². The maximum absolute atomic E-state index is 12.3. The highest BCUT2D eigenvalue weighted by molar-refractivity contribution is 5.88. The van der Waals surface area contributed by atoms with Crippen molar-refractivity contribution in [3.05, 3.63) is 23.3 Å². The van der Waals surface area contributed by atoms with Crippen LogP contribution in [0.3, 0.4) is 0 Å². The van der Waals surface area contributed by atoms with E-state index in [-0.39, 0.29) is 23.1 Å². The number of carbonyl (C=O) groups is 2. The summed E-state index contributed by atoms with van der Waals surface area (Å²) in [4.78, 5) is 29.8. The molecule has 0 aromatic rings. The molecule has 1 N–H and O–H groups in total. The maximum Gasteiger partial charge on any atom is 0.331 e. The fourth-order valence-corrected chi connectivity index (χ4v) is 9.06. The van der Waals surface area contributed by atoms with Gasteiger partial charge in [0.2, 0.25) is 0 Å². The van der Waals surface area contributed by atoms with Crippen LogP contribution < -0.4 is 5.32 Å². The van der Waals surface area contributed by atoms with Crippen LogP contribution in [0.4, 0.5) is 0 Å². The van der Waals surface area contributed by atoms with Crippen LogP contribution in [0.25, 0.3) is 0 Å². The molecule has 8 rings (SSSR count). The number of rotatable bonds is 2. The predicted molar refractivity (Wildman–Crippen MR) is 110 cm³/mol. The number of fused-ring (bicyclic) bond motifs is 6. The van der Waals surface area contributed by atoms with Gasteiger partial charge in [0, 0.05) is 49.2 Å². The van der Waals surface area contributed by atoms with Gasteiger partial charge in [0.1, 0.15) is 0 Å². The number of hydrogen-bond donors (Lipinski definition) is 1. The van der Waals surface area contributed by atoms with E-state index in [1.807, 2.05) is 0 Å². The average molecular weight is 424 g/mol. The lowest BCUT2D eigenvalue weighted by molar-refractivity contribution is -0.148. The first kappa shape index (κ1) is 17.8. The molecule has 7 nitrogen and oxygen atoms in total. The first-order valence-electron chi connectivity index (χ1n) is 12.2. The third-order valence-corrected chi connectivity index (χ3v) is 10.0. The summed E-state index contributed by atoms with van der Waals surface area (Å²) in [5.41, 5.74) is 1.74. The minimum atomic E-state index is -0.347. The van der Waals surface area contributed by atoms with Crippen LogP contribution in [0.15, 0.2) is 23.3 Å². The lowest BCUT2D eigenvalue weighted by Crippen LogP contribution is -2.58. The van der Waals surface area contributed by atoms with Crippen molar-refractivity contribution < 1.29 is 19.1 Å². The van der Waals surface area contributed by atoms with E-state index in [0.717, 1.165) is 51.6 Å². The van der Waals surface area contributed by atoms with Gasteiger partial charge in [-0.2, -0.15) is 0 Å². The SMILES string of the molecule is O=C1C=C2C[C@@H](N[C@@H]3CC4=CC(=O)O[C@@]45C[C@@H]3N3CCC[C@@H]35)[C@@H]3C[C@@]2(O1)[C@H]1CCCN31. The molecule has 2 aliphatic carbocycles. The van der Waals surface area contributed by atoms with E-state index < -0.39 is 0 Å². The van der Waals surface area contributed by atoms with Gasteiger partial charge in [0.25, 0.3) is 0 Å². The number of nitrogens with one attached hydrogen (secondary N) is 1. The van der Waals surface area contributed by atoms with E-state index in [1.54, 1.807) is 12.2 Å². The van der Waals surface area contributed by atoms with Gasteiger partial charge in [0.05, 0.1) is 12.1 Å². The second-order valence-electron chi connectivity index (χ2n) is 11.1. The highest BCUT2D eigenvalue weighted by Crippen LogP contribution is 2.57. The molecule has 0 amide bonds. The van der Waals surface area contributed by atoms with Crippen LogP contribution in [-0.2, 0) is 19.1 Å². The summed E-state index contributed by atoms with van der Waals surface area (Å²) in [5, 5.41) is 4.09. The van der Waals surface area contributed by atoms with Crippen molar-refractivity contribution in [2.45, 2.75) is 98.8 Å². The Bertz CT molecular complexity index is 900. The Morgan fingerprint density at radius 2 is 1.29 bits per heavy atom. The fraction of sp³-hybridized carbons (Fsp3) is 0.750. The predicted octanol–water partition coefficient (Wildman–Crippen LogP) is 1.04. The first-order chi connectivity index (χ1) is 15.1. The second-order valence-corrected chi connectivity index (χ2v) is 11.1. The summed E-state index contributed by atoms with van der Waals surface area (Å²) < 4.78 is 12.0. The normalized spacial score (nSPS) is 51.7. The molecular formula is C24H29N3O4. The molecule has 2 saturated carbocycles. The zero-order chi connectivity index (χ0) is 20.5. The van der Waals surface area contributed by atoms with E-state index in [0.29, 0.717) is 36.3 Å². The highest BCUT2D eigenvalue weighted by Gasteiger charge is 2.67. The molecule has 164 valence electrons. The molecule has 0 aromatic carbocycles. The number of nitrogens with zero attached hydrogens (tertiary/aromatic N) is 2. The highest BCUT2D eigenvalue weighted by atomic mass is 16.6. The molecule has 6 heterocycles. The molecule has 2 spiro atoms. The zero-order valence-electron chi connectivity index (χ0n) is 17.7. The van der Waals surface area contributed by atoms with Gasteiger partial charge >= 0.3 is 11.9 Å². The van der Waals surface area contributed by atoms with Gasteiger partial charge in [-0.15, -0.1) is 0 Å². The van der Waals surface area contributed by atoms with Crippen LogP contribution in [0.5, 0.6) is 0 Å². The fourth-order valence-electron chi connectivity index (χ4n) is 9.06. The summed E-state index contributed by atoms with van der Waals surface area (Å²) in [6.07, 6.45) is 11.9. The summed E-state index contributed by atoms with van der Waals surface area (Å²) in [5.74, 6) is -0.291. The van der Waals surface area contributed by atoms with Gasteiger partial charge in [-0.1, -0.05) is 0 Å². The molecule has 8 aliphatic rings. The van der Waals surface area contributed by atoms with Crippen molar-refractivity contribution in [3.8, 4) is 0 Å². The largest absolute Gasteiger partial charge is 0.450 e. The van der Waals surface area contributed by atoms with Gasteiger partial charge in [0.15, 0.2) is 11.2 Å². The summed E-state index contributed by atoms with van der Waals surface area (Å²) in [6.45, 7) is 2.22. The molecule has 4 bridgehead atoms. The van der Waals surface area contributed by atoms with E-state index in [4.69, 9.17) is 9.47 Å². The Hall–Kier alpha value is -1.70. The Kier molecular flexibility index (Phi) is 3.22. The number of hydrogen-bond acceptors (Lipinski definition) is 7. The van der Waals surface area contributed by atoms with Crippen molar-refractivity contribution in [1.29, 1.82) is 0 Å². The molecule has 7 heteroatoms. The summed E-state index contributed by atoms with van der Waals surface area (Å²) >= 11 is 0. The molecule has 4 saturated heterocycles. The minimum Gasteiger partial charge on any atom is -0.450 e. The van der Waals surface area contributed by atoms with Crippen molar-refractivity contribution in [1.82, 2.24) is 15.1 Å². The van der Waals surface area contributed by atoms with Crippen LogP contribution in [0, 0.1) is 0 Å². The molecule has 0 aromatic heterocycles. The van der Waals surface area contributed by atoms with E-state index in [1.165, 1.54) is 24.0 Å². The third-order valence-electron chi connectivity index (χ3n) is 10.0. The van der Waals surface area contributed by atoms with Crippen LogP contribution in [-0.4, -0.2) is 82.3 Å². The van der Waals surface area contributed by atoms with E-state index >= 15 is 0 Å². The molecule has 0 radical (unpaired) electrons. The minimum absolute atomic E-state index is 0.145. The molecule has 6 fully saturated rings. The molecule has 0 unspecified atom stereocenters. The molecule has 6 aliphatic heterocycles. The van der Waals surface area contributed by atoms with Gasteiger partial charge in [-0.25, -0.2) is 9.59 Å². The monoisotopic (exact) mass is 423 g/mol. The summed E-state index contributed by atoms with van der Waals surface area (Å²) in [6, 6.07) is 2.23. The van der Waals surface area contributed by atoms with Gasteiger partial charge in [-0.3, -0.25) is 9.80 Å². The summed E-state index contributed by atoms with van der Waals surface area (Å²) in [7, 11) is 0. The van der Waals surface area contributed by atoms with Crippen molar-refractivity contribution >= 4 is 11.9 Å². The lowest BCUT2D eigenvalue weighted by Gasteiger charge is -2.42. The Morgan fingerprint density at radius 3 is 1.77 bits per heavy atom. The number of esters is 2. The maximum atomic E-state index is 12.3. The number of ether oxygens (including phenoxy) is 2. The topological polar surface area (TPSA) is 71.1 Å². The average Bonchev–Trinajstić information content (AvgIpc) is 3.52. The van der Waals surface area contributed by atoms with Crippen molar-refractivity contribution in [2.75, 3.05) is 13.1 Å². The van der Waals surface area contributed by atoms with Crippen LogP contribution in [0.1, 0.15) is 51.4 Å². The molecule has 31 heavy (non-hydrogen) atoms. The lowest BCUT2D eigenvalue weighted by atomic mass is 9.73. The van der Waals surface area contributed by atoms with Crippen LogP contribution in [0.2, 0.25) is 0 Å². The standard InChI is InChI=1S/C24H29N3O4/c28-21-9-13-7-15(17-11-23(13,30-21)19-3-1-5-26(17)19)25-16-8-14-10-22(29)31-24(14)12-18(16)27-6-2-4-20(24)27/h9-10,15-20,25H,1-8,11-12H2/t15-,16-,17+,18+,19-,20-,23+,24+/m1/s1. The quantitative estimate of drug-likeness (QED) is 0.666. The number of carbonyl (C=O) groups excluding carboxylic acids is 2. The Morgan fingerprint density at radius 1 is 0.806 bits per heavy atom. The third kappa shape index (κ3) is 2.03. The van der Waals surface area contributed by atoms with Crippen molar-refractivity contribution in [2.24, 2.45) is 0 Å². The first-order valence-corrected chi connectivity index (χ1v) is 12.2. The molecular weight excluding hydrogens is 394 g/mol. The zero-order valence-corrected chi connectivity index (χ0v) is 17.7. The Balaban J connectivity index is 1.13. The van der Waals surface area contributed by atoms with Crippen molar-refractivity contribution in [3.63, 3.8) is 0 Å². The van der Waals surface area contributed by atoms with E-state index in [2.05, 4.69) is 15.1 Å². The molecule has 8 atom stereocenters. The Labute approximate surface area is 181 Å².